The van der Waals surface area contributed by atoms with Crippen LogP contribution < -0.4 is 10.6 Å². The third-order valence-electron chi connectivity index (χ3n) is 3.57. The second-order valence-electron chi connectivity index (χ2n) is 4.98. The van der Waals surface area contributed by atoms with Crippen LogP contribution in [0.2, 0.25) is 0 Å². The molecule has 2 rings (SSSR count). The second-order valence-corrected chi connectivity index (χ2v) is 4.98. The van der Waals surface area contributed by atoms with Crippen LogP contribution in [0.1, 0.15) is 17.0 Å². The summed E-state index contributed by atoms with van der Waals surface area (Å²) in [5, 5.41) is 4.29. The molecule has 5 nitrogen and oxygen atoms in total. The number of nitrogens with two attached hydrogens (primary N) is 1. The number of benzene rings is 1. The summed E-state index contributed by atoms with van der Waals surface area (Å²) in [7, 11) is 1.78. The highest BCUT2D eigenvalue weighted by molar-refractivity contribution is 5.93. The monoisotopic (exact) mass is 272 g/mol. The molecule has 1 aromatic heterocycles. The number of nitrogen functional groups attached to an aromatic ring is 1. The number of aryl methyl sites for hydroxylation is 2. The topological polar surface area (TPSA) is 64.2 Å². The van der Waals surface area contributed by atoms with Crippen molar-refractivity contribution in [2.24, 2.45) is 0 Å². The number of aromatic nitrogens is 2. The number of hydrogen-bond donors (Lipinski definition) is 1. The van der Waals surface area contributed by atoms with Gasteiger partial charge < -0.3 is 10.6 Å². The summed E-state index contributed by atoms with van der Waals surface area (Å²) >= 11 is 0. The third kappa shape index (κ3) is 2.52. The van der Waals surface area contributed by atoms with Crippen LogP contribution in [0.3, 0.4) is 0 Å². The smallest absolute Gasteiger partial charge is 0.248 e. The highest BCUT2D eigenvalue weighted by atomic mass is 16.2. The Morgan fingerprint density at radius 2 is 1.95 bits per heavy atom. The van der Waals surface area contributed by atoms with Crippen molar-refractivity contribution in [3.8, 4) is 0 Å². The number of para-hydroxylation sites is 1. The fourth-order valence-corrected chi connectivity index (χ4v) is 2.17. The molecule has 20 heavy (non-hydrogen) atoms. The molecular formula is C15H20N4O. The molecule has 0 aliphatic heterocycles. The predicted molar refractivity (Wildman–Crippen MR) is 80.7 cm³/mol. The van der Waals surface area contributed by atoms with E-state index in [4.69, 9.17) is 5.73 Å². The van der Waals surface area contributed by atoms with Gasteiger partial charge in [-0.2, -0.15) is 5.10 Å². The largest absolute Gasteiger partial charge is 0.396 e. The molecule has 0 atom stereocenters. The first-order valence-electron chi connectivity index (χ1n) is 6.53. The molecule has 1 heterocycles. The van der Waals surface area contributed by atoms with E-state index in [0.29, 0.717) is 5.69 Å². The lowest BCUT2D eigenvalue weighted by Gasteiger charge is -2.19. The maximum Gasteiger partial charge on any atom is 0.248 e. The molecule has 0 aliphatic rings. The summed E-state index contributed by atoms with van der Waals surface area (Å²) in [6.45, 7) is 5.89. The van der Waals surface area contributed by atoms with Crippen molar-refractivity contribution in [1.29, 1.82) is 0 Å². The first kappa shape index (κ1) is 14.1. The molecule has 0 saturated heterocycles. The average molecular weight is 272 g/mol. The van der Waals surface area contributed by atoms with Crippen LogP contribution in [0.5, 0.6) is 0 Å². The summed E-state index contributed by atoms with van der Waals surface area (Å²) in [5.74, 6) is -0.0232. The van der Waals surface area contributed by atoms with E-state index in [1.807, 2.05) is 45.0 Å². The van der Waals surface area contributed by atoms with E-state index in [9.17, 15) is 4.79 Å². The van der Waals surface area contributed by atoms with Crippen LogP contribution in [0.15, 0.2) is 24.3 Å². The number of carbonyl (C=O) groups is 1. The molecular weight excluding hydrogens is 252 g/mol. The fraction of sp³-hybridized carbons (Fsp3) is 0.333. The summed E-state index contributed by atoms with van der Waals surface area (Å²) in [6.07, 6.45) is 0. The summed E-state index contributed by atoms with van der Waals surface area (Å²) < 4.78 is 1.65. The Kier molecular flexibility index (Phi) is 3.79. The molecule has 0 saturated carbocycles. The van der Waals surface area contributed by atoms with Gasteiger partial charge in [-0.1, -0.05) is 18.2 Å². The molecule has 2 N–H and O–H groups in total. The molecule has 106 valence electrons. The molecule has 0 bridgehead atoms. The SMILES string of the molecule is Cc1ccccc1N(C)C(=O)Cn1nc(C)c(N)c1C. The molecule has 0 fully saturated rings. The molecule has 1 amide bonds. The van der Waals surface area contributed by atoms with E-state index in [-0.39, 0.29) is 12.5 Å². The third-order valence-corrected chi connectivity index (χ3v) is 3.57. The van der Waals surface area contributed by atoms with Crippen LogP contribution in [0.25, 0.3) is 0 Å². The maximum absolute atomic E-state index is 12.4. The number of amides is 1. The highest BCUT2D eigenvalue weighted by Gasteiger charge is 2.16. The fourth-order valence-electron chi connectivity index (χ4n) is 2.17. The molecule has 5 heteroatoms. The number of carbonyl (C=O) groups excluding carboxylic acids is 1. The second kappa shape index (κ2) is 5.36. The van der Waals surface area contributed by atoms with E-state index in [0.717, 1.165) is 22.6 Å². The van der Waals surface area contributed by atoms with Crippen molar-refractivity contribution in [2.75, 3.05) is 17.7 Å². The van der Waals surface area contributed by atoms with Crippen LogP contribution in [-0.2, 0) is 11.3 Å². The Morgan fingerprint density at radius 3 is 2.50 bits per heavy atom. The Morgan fingerprint density at radius 1 is 1.30 bits per heavy atom. The zero-order chi connectivity index (χ0) is 14.9. The number of anilines is 2. The standard InChI is InChI=1S/C15H20N4O/c1-10-7-5-6-8-13(10)18(4)14(20)9-19-12(3)15(16)11(2)17-19/h5-8H,9,16H2,1-4H3. The Bertz CT molecular complexity index is 645. The summed E-state index contributed by atoms with van der Waals surface area (Å²) in [4.78, 5) is 14.0. The van der Waals surface area contributed by atoms with E-state index >= 15 is 0 Å². The number of hydrogen-bond acceptors (Lipinski definition) is 3. The van der Waals surface area contributed by atoms with Gasteiger partial charge in [-0.05, 0) is 32.4 Å². The van der Waals surface area contributed by atoms with Crippen molar-refractivity contribution in [3.63, 3.8) is 0 Å². The van der Waals surface area contributed by atoms with Crippen molar-refractivity contribution in [1.82, 2.24) is 9.78 Å². The van der Waals surface area contributed by atoms with E-state index < -0.39 is 0 Å². The lowest BCUT2D eigenvalue weighted by molar-refractivity contribution is -0.119. The van der Waals surface area contributed by atoms with E-state index in [1.165, 1.54) is 0 Å². The first-order valence-corrected chi connectivity index (χ1v) is 6.53. The summed E-state index contributed by atoms with van der Waals surface area (Å²) in [5.41, 5.74) is 10.1. The molecule has 2 aromatic rings. The lowest BCUT2D eigenvalue weighted by Crippen LogP contribution is -2.31. The minimum Gasteiger partial charge on any atom is -0.396 e. The van der Waals surface area contributed by atoms with Gasteiger partial charge in [-0.3, -0.25) is 9.48 Å². The maximum atomic E-state index is 12.4. The van der Waals surface area contributed by atoms with Gasteiger partial charge in [0.1, 0.15) is 6.54 Å². The molecule has 0 spiro atoms. The predicted octanol–water partition coefficient (Wildman–Crippen LogP) is 2.05. The van der Waals surface area contributed by atoms with Crippen LogP contribution in [-0.4, -0.2) is 22.7 Å². The van der Waals surface area contributed by atoms with Crippen LogP contribution in [0, 0.1) is 20.8 Å². The number of rotatable bonds is 3. The van der Waals surface area contributed by atoms with Gasteiger partial charge in [0.15, 0.2) is 0 Å². The number of likely N-dealkylation sites (N-methyl/N-ethyl adjacent to an activating group) is 1. The van der Waals surface area contributed by atoms with Gasteiger partial charge in [0, 0.05) is 12.7 Å². The van der Waals surface area contributed by atoms with E-state index in [1.54, 1.807) is 16.6 Å². The van der Waals surface area contributed by atoms with Gasteiger partial charge in [0.2, 0.25) is 5.91 Å². The first-order chi connectivity index (χ1) is 9.41. The summed E-state index contributed by atoms with van der Waals surface area (Å²) in [6, 6.07) is 7.80. The van der Waals surface area contributed by atoms with Gasteiger partial charge in [-0.15, -0.1) is 0 Å². The van der Waals surface area contributed by atoms with Gasteiger partial charge in [0.25, 0.3) is 0 Å². The molecule has 0 radical (unpaired) electrons. The van der Waals surface area contributed by atoms with Crippen molar-refractivity contribution >= 4 is 17.3 Å². The van der Waals surface area contributed by atoms with Crippen molar-refractivity contribution in [2.45, 2.75) is 27.3 Å². The minimum absolute atomic E-state index is 0.0232. The van der Waals surface area contributed by atoms with Crippen molar-refractivity contribution in [3.05, 3.63) is 41.2 Å². The lowest BCUT2D eigenvalue weighted by atomic mass is 10.2. The van der Waals surface area contributed by atoms with Gasteiger partial charge in [-0.25, -0.2) is 0 Å². The zero-order valence-electron chi connectivity index (χ0n) is 12.3. The van der Waals surface area contributed by atoms with E-state index in [2.05, 4.69) is 5.10 Å². The van der Waals surface area contributed by atoms with Crippen LogP contribution in [0.4, 0.5) is 11.4 Å². The number of nitrogens with zero attached hydrogens (tertiary/aromatic N) is 3. The Labute approximate surface area is 119 Å². The molecule has 0 unspecified atom stereocenters. The van der Waals surface area contributed by atoms with Gasteiger partial charge in [0.05, 0.1) is 17.1 Å². The van der Waals surface area contributed by atoms with Crippen LogP contribution >= 0.6 is 0 Å². The normalized spacial score (nSPS) is 10.6. The highest BCUT2D eigenvalue weighted by Crippen LogP contribution is 2.19. The Balaban J connectivity index is 2.20. The zero-order valence-corrected chi connectivity index (χ0v) is 12.3. The minimum atomic E-state index is -0.0232. The molecule has 1 aromatic carbocycles. The Hall–Kier alpha value is -2.30. The molecule has 0 aliphatic carbocycles. The van der Waals surface area contributed by atoms with Crippen molar-refractivity contribution < 1.29 is 4.79 Å². The quantitative estimate of drug-likeness (QED) is 0.930. The van der Waals surface area contributed by atoms with Gasteiger partial charge >= 0.3 is 0 Å². The average Bonchev–Trinajstić information content (AvgIpc) is 2.66.